The fourth-order valence-corrected chi connectivity index (χ4v) is 2.58. The molecule has 0 saturated heterocycles. The van der Waals surface area contributed by atoms with Crippen LogP contribution in [0.3, 0.4) is 0 Å². The lowest BCUT2D eigenvalue weighted by atomic mass is 10.2. The van der Waals surface area contributed by atoms with E-state index in [0.717, 1.165) is 29.9 Å². The molecule has 0 atom stereocenters. The van der Waals surface area contributed by atoms with Gasteiger partial charge in [-0.05, 0) is 38.0 Å². The zero-order valence-corrected chi connectivity index (χ0v) is 13.3. The lowest BCUT2D eigenvalue weighted by molar-refractivity contribution is 0.0426. The van der Waals surface area contributed by atoms with Crippen LogP contribution in [0.5, 0.6) is 0 Å². The Balaban J connectivity index is 1.59. The Morgan fingerprint density at radius 2 is 2.08 bits per heavy atom. The molecule has 6 nitrogen and oxygen atoms in total. The van der Waals surface area contributed by atoms with Crippen LogP contribution in [0.25, 0.3) is 5.69 Å². The molecule has 4 rings (SSSR count). The fraction of sp³-hybridized carbons (Fsp3) is 0.278. The van der Waals surface area contributed by atoms with Crippen LogP contribution >= 0.6 is 0 Å². The summed E-state index contributed by atoms with van der Waals surface area (Å²) < 4.78 is 12.1. The Kier molecular flexibility index (Phi) is 3.65. The summed E-state index contributed by atoms with van der Waals surface area (Å²) in [5, 5.41) is 8.39. The summed E-state index contributed by atoms with van der Waals surface area (Å²) in [6, 6.07) is 13.2. The van der Waals surface area contributed by atoms with Crippen molar-refractivity contribution < 1.29 is 14.1 Å². The second-order valence-electron chi connectivity index (χ2n) is 5.99. The third-order valence-electron chi connectivity index (χ3n) is 3.96. The van der Waals surface area contributed by atoms with E-state index in [1.54, 1.807) is 10.7 Å². The van der Waals surface area contributed by atoms with Gasteiger partial charge in [0, 0.05) is 12.0 Å². The van der Waals surface area contributed by atoms with Gasteiger partial charge >= 0.3 is 5.97 Å². The maximum atomic E-state index is 12.5. The molecule has 3 aromatic rings. The highest BCUT2D eigenvalue weighted by atomic mass is 16.5. The van der Waals surface area contributed by atoms with Gasteiger partial charge in [0.25, 0.3) is 0 Å². The molecule has 0 amide bonds. The maximum absolute atomic E-state index is 12.5. The minimum absolute atomic E-state index is 0.0540. The minimum Gasteiger partial charge on any atom is -0.453 e. The molecule has 122 valence electrons. The number of nitrogens with zero attached hydrogens (tertiary/aromatic N) is 3. The highest BCUT2D eigenvalue weighted by Crippen LogP contribution is 2.39. The van der Waals surface area contributed by atoms with E-state index in [-0.39, 0.29) is 6.61 Å². The van der Waals surface area contributed by atoms with E-state index in [9.17, 15) is 4.79 Å². The van der Waals surface area contributed by atoms with Crippen LogP contribution in [0.2, 0.25) is 0 Å². The predicted octanol–water partition coefficient (Wildman–Crippen LogP) is 3.40. The molecule has 2 heterocycles. The number of esters is 1. The van der Waals surface area contributed by atoms with Crippen molar-refractivity contribution in [2.75, 3.05) is 0 Å². The zero-order valence-electron chi connectivity index (χ0n) is 13.3. The molecule has 0 spiro atoms. The van der Waals surface area contributed by atoms with Crippen LogP contribution in [0, 0.1) is 6.92 Å². The van der Waals surface area contributed by atoms with E-state index in [1.807, 2.05) is 43.3 Å². The quantitative estimate of drug-likeness (QED) is 0.673. The number of aryl methyl sites for hydroxylation is 1. The molecular weight excluding hydrogens is 306 g/mol. The number of hydrogen-bond donors (Lipinski definition) is 0. The second kappa shape index (κ2) is 5.96. The SMILES string of the molecule is Cc1cc(COC(=O)c2cc(C3CC3)nn2-c2ccccc2)on1. The van der Waals surface area contributed by atoms with Crippen molar-refractivity contribution in [2.24, 2.45) is 0 Å². The third kappa shape index (κ3) is 2.95. The van der Waals surface area contributed by atoms with E-state index in [0.29, 0.717) is 17.4 Å². The Morgan fingerprint density at radius 1 is 1.29 bits per heavy atom. The predicted molar refractivity (Wildman–Crippen MR) is 85.9 cm³/mol. The standard InChI is InChI=1S/C18H17N3O3/c1-12-9-15(24-20-12)11-23-18(22)17-10-16(13-7-8-13)19-21(17)14-5-3-2-4-6-14/h2-6,9-10,13H,7-8,11H2,1H3. The molecule has 0 aliphatic heterocycles. The number of benzene rings is 1. The van der Waals surface area contributed by atoms with Crippen molar-refractivity contribution in [3.05, 3.63) is 65.3 Å². The first-order chi connectivity index (χ1) is 11.7. The van der Waals surface area contributed by atoms with Gasteiger partial charge in [-0.3, -0.25) is 0 Å². The highest BCUT2D eigenvalue weighted by Gasteiger charge is 2.29. The first-order valence-corrected chi connectivity index (χ1v) is 7.95. The molecular formula is C18H17N3O3. The summed E-state index contributed by atoms with van der Waals surface area (Å²) in [7, 11) is 0. The van der Waals surface area contributed by atoms with Crippen LogP contribution in [-0.4, -0.2) is 20.9 Å². The van der Waals surface area contributed by atoms with Gasteiger partial charge in [-0.2, -0.15) is 5.10 Å². The topological polar surface area (TPSA) is 70.2 Å². The third-order valence-corrected chi connectivity index (χ3v) is 3.96. The fourth-order valence-electron chi connectivity index (χ4n) is 2.58. The van der Waals surface area contributed by atoms with Crippen molar-refractivity contribution >= 4 is 5.97 Å². The van der Waals surface area contributed by atoms with Crippen molar-refractivity contribution in [3.63, 3.8) is 0 Å². The molecule has 0 N–H and O–H groups in total. The molecule has 1 aliphatic rings. The first kappa shape index (κ1) is 14.7. The lowest BCUT2D eigenvalue weighted by Crippen LogP contribution is -2.12. The number of rotatable bonds is 5. The Bertz CT molecular complexity index is 863. The average molecular weight is 323 g/mol. The monoisotopic (exact) mass is 323 g/mol. The van der Waals surface area contributed by atoms with Crippen LogP contribution < -0.4 is 0 Å². The average Bonchev–Trinajstić information content (AvgIpc) is 3.22. The van der Waals surface area contributed by atoms with E-state index in [1.165, 1.54) is 0 Å². The molecule has 1 aliphatic carbocycles. The van der Waals surface area contributed by atoms with Gasteiger partial charge < -0.3 is 9.26 Å². The van der Waals surface area contributed by atoms with Crippen LogP contribution in [0.1, 0.15) is 46.4 Å². The molecule has 6 heteroatoms. The number of para-hydroxylation sites is 1. The number of carbonyl (C=O) groups excluding carboxylic acids is 1. The molecule has 1 aromatic carbocycles. The number of hydrogen-bond acceptors (Lipinski definition) is 5. The normalized spacial score (nSPS) is 13.9. The summed E-state index contributed by atoms with van der Waals surface area (Å²) in [5.41, 5.74) is 2.97. The number of carbonyl (C=O) groups is 1. The molecule has 2 aromatic heterocycles. The van der Waals surface area contributed by atoms with Crippen molar-refractivity contribution in [1.29, 1.82) is 0 Å². The largest absolute Gasteiger partial charge is 0.453 e. The van der Waals surface area contributed by atoms with Crippen molar-refractivity contribution in [2.45, 2.75) is 32.3 Å². The van der Waals surface area contributed by atoms with Gasteiger partial charge in [-0.15, -0.1) is 0 Å². The van der Waals surface area contributed by atoms with Crippen LogP contribution in [-0.2, 0) is 11.3 Å². The molecule has 1 fully saturated rings. The summed E-state index contributed by atoms with van der Waals surface area (Å²) in [5.74, 6) is 0.555. The maximum Gasteiger partial charge on any atom is 0.357 e. The number of aromatic nitrogens is 3. The second-order valence-corrected chi connectivity index (χ2v) is 5.99. The van der Waals surface area contributed by atoms with Gasteiger partial charge in [-0.1, -0.05) is 23.4 Å². The molecule has 0 radical (unpaired) electrons. The van der Waals surface area contributed by atoms with E-state index < -0.39 is 5.97 Å². The molecule has 0 bridgehead atoms. The summed E-state index contributed by atoms with van der Waals surface area (Å²) >= 11 is 0. The first-order valence-electron chi connectivity index (χ1n) is 7.95. The van der Waals surface area contributed by atoms with Gasteiger partial charge in [0.1, 0.15) is 0 Å². The van der Waals surface area contributed by atoms with Gasteiger partial charge in [0.05, 0.1) is 17.1 Å². The number of ether oxygens (including phenoxy) is 1. The van der Waals surface area contributed by atoms with Crippen LogP contribution in [0.15, 0.2) is 47.0 Å². The van der Waals surface area contributed by atoms with Gasteiger partial charge in [0.15, 0.2) is 18.1 Å². The molecule has 24 heavy (non-hydrogen) atoms. The lowest BCUT2D eigenvalue weighted by Gasteiger charge is -2.06. The summed E-state index contributed by atoms with van der Waals surface area (Å²) in [6.45, 7) is 1.87. The van der Waals surface area contributed by atoms with Gasteiger partial charge in [0.2, 0.25) is 0 Å². The summed E-state index contributed by atoms with van der Waals surface area (Å²) in [4.78, 5) is 12.5. The summed E-state index contributed by atoms with van der Waals surface area (Å²) in [6.07, 6.45) is 2.25. The molecule has 1 saturated carbocycles. The van der Waals surface area contributed by atoms with Crippen molar-refractivity contribution in [3.8, 4) is 5.69 Å². The Morgan fingerprint density at radius 3 is 2.75 bits per heavy atom. The van der Waals surface area contributed by atoms with E-state index >= 15 is 0 Å². The van der Waals surface area contributed by atoms with E-state index in [2.05, 4.69) is 10.3 Å². The Labute approximate surface area is 139 Å². The minimum atomic E-state index is -0.424. The Hall–Kier alpha value is -2.89. The molecule has 0 unspecified atom stereocenters. The zero-order chi connectivity index (χ0) is 16.5. The highest BCUT2D eigenvalue weighted by molar-refractivity contribution is 5.88. The van der Waals surface area contributed by atoms with Gasteiger partial charge in [-0.25, -0.2) is 9.48 Å². The smallest absolute Gasteiger partial charge is 0.357 e. The van der Waals surface area contributed by atoms with Crippen molar-refractivity contribution in [1.82, 2.24) is 14.9 Å². The van der Waals surface area contributed by atoms with E-state index in [4.69, 9.17) is 9.26 Å². The van der Waals surface area contributed by atoms with Crippen LogP contribution in [0.4, 0.5) is 0 Å².